The number of aromatic amines is 1. The summed E-state index contributed by atoms with van der Waals surface area (Å²) in [5.41, 5.74) is 2.08. The summed E-state index contributed by atoms with van der Waals surface area (Å²) in [5, 5.41) is 6.68. The molecule has 8 nitrogen and oxygen atoms in total. The van der Waals surface area contributed by atoms with Gasteiger partial charge in [-0.15, -0.1) is 0 Å². The van der Waals surface area contributed by atoms with Crippen molar-refractivity contribution in [3.8, 4) is 28.6 Å². The van der Waals surface area contributed by atoms with Crippen LogP contribution < -0.4 is 15.2 Å². The Kier molecular flexibility index (Phi) is 5.90. The summed E-state index contributed by atoms with van der Waals surface area (Å²) in [4.78, 5) is 12.4. The summed E-state index contributed by atoms with van der Waals surface area (Å²) in [6.07, 6.45) is 0. The summed E-state index contributed by atoms with van der Waals surface area (Å²) in [5.74, 6) is 1.46. The molecule has 1 aromatic heterocycles. The van der Waals surface area contributed by atoms with Crippen LogP contribution in [0.5, 0.6) is 11.5 Å². The molecule has 0 unspecified atom stereocenters. The van der Waals surface area contributed by atoms with E-state index < -0.39 is 0 Å². The highest BCUT2D eigenvalue weighted by molar-refractivity contribution is 5.67. The molecule has 0 spiro atoms. The van der Waals surface area contributed by atoms with E-state index in [1.807, 2.05) is 31.2 Å². The number of H-pyrrole nitrogens is 1. The van der Waals surface area contributed by atoms with Gasteiger partial charge < -0.3 is 18.9 Å². The Morgan fingerprint density at radius 1 is 1.00 bits per heavy atom. The van der Waals surface area contributed by atoms with Gasteiger partial charge in [-0.1, -0.05) is 17.7 Å². The SMILES string of the molecule is COCOc1ccc(-c2n[nH]c(=O)n2-c2ccc(C)cc2)c(OCOC)c1. The lowest BCUT2D eigenvalue weighted by atomic mass is 10.1. The zero-order chi connectivity index (χ0) is 19.2. The maximum Gasteiger partial charge on any atom is 0.348 e. The molecule has 3 rings (SSSR count). The van der Waals surface area contributed by atoms with Gasteiger partial charge in [-0.05, 0) is 31.2 Å². The molecule has 0 bridgehead atoms. The molecule has 0 atom stereocenters. The van der Waals surface area contributed by atoms with Crippen LogP contribution in [0.25, 0.3) is 17.1 Å². The molecule has 142 valence electrons. The lowest BCUT2D eigenvalue weighted by Crippen LogP contribution is -2.16. The molecule has 0 saturated carbocycles. The summed E-state index contributed by atoms with van der Waals surface area (Å²) in [6, 6.07) is 12.8. The number of aryl methyl sites for hydroxylation is 1. The van der Waals surface area contributed by atoms with Crippen LogP contribution in [0.2, 0.25) is 0 Å². The lowest BCUT2D eigenvalue weighted by molar-refractivity contribution is 0.0463. The molecule has 3 aromatic rings. The third kappa shape index (κ3) is 4.18. The number of hydrogen-bond acceptors (Lipinski definition) is 6. The molecule has 0 amide bonds. The first kappa shape index (κ1) is 18.7. The van der Waals surface area contributed by atoms with Crippen LogP contribution in [-0.2, 0) is 9.47 Å². The highest BCUT2D eigenvalue weighted by atomic mass is 16.7. The average Bonchev–Trinajstić information content (AvgIpc) is 3.06. The molecule has 1 heterocycles. The molecule has 0 fully saturated rings. The van der Waals surface area contributed by atoms with E-state index in [2.05, 4.69) is 10.2 Å². The Hall–Kier alpha value is -3.10. The molecule has 0 aliphatic rings. The fraction of sp³-hybridized carbons (Fsp3) is 0.263. The van der Waals surface area contributed by atoms with Crippen LogP contribution in [0.1, 0.15) is 5.56 Å². The number of rotatable bonds is 8. The van der Waals surface area contributed by atoms with Crippen LogP contribution in [0.15, 0.2) is 47.3 Å². The number of benzene rings is 2. The first-order valence-electron chi connectivity index (χ1n) is 8.26. The quantitative estimate of drug-likeness (QED) is 0.612. The van der Waals surface area contributed by atoms with E-state index in [9.17, 15) is 4.79 Å². The van der Waals surface area contributed by atoms with Gasteiger partial charge in [0.05, 0.1) is 11.3 Å². The maximum atomic E-state index is 12.4. The number of methoxy groups -OCH3 is 2. The lowest BCUT2D eigenvalue weighted by Gasteiger charge is -2.13. The molecule has 0 aliphatic heterocycles. The largest absolute Gasteiger partial charge is 0.467 e. The minimum absolute atomic E-state index is 0.0416. The van der Waals surface area contributed by atoms with Crippen LogP contribution in [0.4, 0.5) is 0 Å². The smallest absolute Gasteiger partial charge is 0.348 e. The molecule has 8 heteroatoms. The van der Waals surface area contributed by atoms with Gasteiger partial charge in [-0.2, -0.15) is 5.10 Å². The molecule has 0 radical (unpaired) electrons. The molecule has 27 heavy (non-hydrogen) atoms. The van der Waals surface area contributed by atoms with Gasteiger partial charge >= 0.3 is 5.69 Å². The Labute approximate surface area is 156 Å². The van der Waals surface area contributed by atoms with Crippen molar-refractivity contribution in [2.75, 3.05) is 27.8 Å². The molecule has 1 N–H and O–H groups in total. The Morgan fingerprint density at radius 3 is 2.41 bits per heavy atom. The van der Waals surface area contributed by atoms with Gasteiger partial charge in [-0.25, -0.2) is 14.5 Å². The van der Waals surface area contributed by atoms with Crippen molar-refractivity contribution in [2.45, 2.75) is 6.92 Å². The maximum absolute atomic E-state index is 12.4. The van der Waals surface area contributed by atoms with Gasteiger partial charge in [-0.3, -0.25) is 0 Å². The second-order valence-corrected chi connectivity index (χ2v) is 5.78. The highest BCUT2D eigenvalue weighted by Gasteiger charge is 2.18. The second-order valence-electron chi connectivity index (χ2n) is 5.78. The first-order chi connectivity index (χ1) is 13.1. The molecular weight excluding hydrogens is 350 g/mol. The van der Waals surface area contributed by atoms with E-state index >= 15 is 0 Å². The molecule has 0 aliphatic carbocycles. The topological polar surface area (TPSA) is 87.6 Å². The summed E-state index contributed by atoms with van der Waals surface area (Å²) >= 11 is 0. The van der Waals surface area contributed by atoms with Crippen molar-refractivity contribution < 1.29 is 18.9 Å². The first-order valence-corrected chi connectivity index (χ1v) is 8.26. The number of ether oxygens (including phenoxy) is 4. The minimum Gasteiger partial charge on any atom is -0.467 e. The predicted octanol–water partition coefficient (Wildman–Crippen LogP) is 2.50. The van der Waals surface area contributed by atoms with Gasteiger partial charge in [0.25, 0.3) is 0 Å². The zero-order valence-electron chi connectivity index (χ0n) is 15.4. The van der Waals surface area contributed by atoms with E-state index in [0.717, 1.165) is 5.56 Å². The standard InChI is InChI=1S/C19H21N3O5/c1-13-4-6-14(7-5-13)22-18(20-21-19(22)23)16-9-8-15(26-11-24-2)10-17(16)27-12-25-3/h4-10H,11-12H2,1-3H3,(H,21,23). The molecule has 0 saturated heterocycles. The van der Waals surface area contributed by atoms with Crippen molar-refractivity contribution in [2.24, 2.45) is 0 Å². The second kappa shape index (κ2) is 8.52. The number of aromatic nitrogens is 3. The molecule has 2 aromatic carbocycles. The van der Waals surface area contributed by atoms with Crippen LogP contribution >= 0.6 is 0 Å². The van der Waals surface area contributed by atoms with Crippen LogP contribution in [0.3, 0.4) is 0 Å². The van der Waals surface area contributed by atoms with Gasteiger partial charge in [0.2, 0.25) is 0 Å². The summed E-state index contributed by atoms with van der Waals surface area (Å²) in [7, 11) is 3.07. The van der Waals surface area contributed by atoms with Crippen LogP contribution in [0, 0.1) is 6.92 Å². The Bertz CT molecular complexity index is 947. The average molecular weight is 371 g/mol. The summed E-state index contributed by atoms with van der Waals surface area (Å²) in [6.45, 7) is 2.14. The van der Waals surface area contributed by atoms with E-state index in [1.165, 1.54) is 11.7 Å². The van der Waals surface area contributed by atoms with Gasteiger partial charge in [0, 0.05) is 20.3 Å². The number of hydrogen-bond donors (Lipinski definition) is 1. The Balaban J connectivity index is 2.07. The Morgan fingerprint density at radius 2 is 1.70 bits per heavy atom. The normalized spacial score (nSPS) is 10.8. The fourth-order valence-corrected chi connectivity index (χ4v) is 2.56. The third-order valence-electron chi connectivity index (χ3n) is 3.83. The van der Waals surface area contributed by atoms with Crippen molar-refractivity contribution in [3.05, 3.63) is 58.5 Å². The third-order valence-corrected chi connectivity index (χ3v) is 3.83. The highest BCUT2D eigenvalue weighted by Crippen LogP contribution is 2.33. The van der Waals surface area contributed by atoms with E-state index in [4.69, 9.17) is 18.9 Å². The van der Waals surface area contributed by atoms with Crippen molar-refractivity contribution in [3.63, 3.8) is 0 Å². The van der Waals surface area contributed by atoms with Crippen molar-refractivity contribution in [1.29, 1.82) is 0 Å². The summed E-state index contributed by atoms with van der Waals surface area (Å²) < 4.78 is 22.5. The van der Waals surface area contributed by atoms with Crippen molar-refractivity contribution in [1.82, 2.24) is 14.8 Å². The van der Waals surface area contributed by atoms with E-state index in [-0.39, 0.29) is 19.3 Å². The monoisotopic (exact) mass is 371 g/mol. The van der Waals surface area contributed by atoms with Gasteiger partial charge in [0.15, 0.2) is 19.4 Å². The van der Waals surface area contributed by atoms with Crippen molar-refractivity contribution >= 4 is 0 Å². The minimum atomic E-state index is -0.341. The number of nitrogens with one attached hydrogen (secondary N) is 1. The van der Waals surface area contributed by atoms with E-state index in [1.54, 1.807) is 25.3 Å². The fourth-order valence-electron chi connectivity index (χ4n) is 2.56. The zero-order valence-corrected chi connectivity index (χ0v) is 15.4. The predicted molar refractivity (Wildman–Crippen MR) is 99.4 cm³/mol. The van der Waals surface area contributed by atoms with Crippen LogP contribution in [-0.4, -0.2) is 42.6 Å². The number of nitrogens with zero attached hydrogens (tertiary/aromatic N) is 2. The molecular formula is C19H21N3O5. The van der Waals surface area contributed by atoms with E-state index in [0.29, 0.717) is 28.6 Å². The van der Waals surface area contributed by atoms with Gasteiger partial charge in [0.1, 0.15) is 11.5 Å².